The summed E-state index contributed by atoms with van der Waals surface area (Å²) >= 11 is 8.74. The number of fused-ring (bicyclic) bond motifs is 3. The first kappa shape index (κ1) is 40.8. The zero-order valence-corrected chi connectivity index (χ0v) is 34.9. The van der Waals surface area contributed by atoms with Crippen LogP contribution in [0.15, 0.2) is 106 Å². The second kappa shape index (κ2) is 18.4. The number of hydrogen-bond donors (Lipinski definition) is 0. The van der Waals surface area contributed by atoms with Crippen molar-refractivity contribution in [2.45, 2.75) is 78.1 Å². The van der Waals surface area contributed by atoms with Gasteiger partial charge in [-0.2, -0.15) is 35.4 Å². The van der Waals surface area contributed by atoms with E-state index in [0.717, 1.165) is 25.7 Å². The maximum Gasteiger partial charge on any atom is -0.0132 e. The molecule has 6 rings (SSSR count). The summed E-state index contributed by atoms with van der Waals surface area (Å²) < 4.78 is 3.97. The van der Waals surface area contributed by atoms with E-state index in [1.807, 2.05) is 12.2 Å². The molecule has 0 spiro atoms. The number of benzene rings is 4. The van der Waals surface area contributed by atoms with Gasteiger partial charge in [-0.05, 0) is 17.4 Å². The van der Waals surface area contributed by atoms with Gasteiger partial charge in [0.15, 0.2) is 0 Å². The first-order valence-corrected chi connectivity index (χ1v) is 18.1. The molecule has 46 heavy (non-hydrogen) atoms. The molecule has 0 saturated heterocycles. The Labute approximate surface area is 322 Å². The average molecular weight is 859 g/mol. The van der Waals surface area contributed by atoms with Crippen molar-refractivity contribution in [3.05, 3.63) is 152 Å². The Kier molecular flexibility index (Phi) is 16.4. The van der Waals surface area contributed by atoms with Crippen LogP contribution in [0.4, 0.5) is 0 Å². The predicted molar refractivity (Wildman–Crippen MR) is 208 cm³/mol. The second-order valence-corrected chi connectivity index (χ2v) is 16.9. The van der Waals surface area contributed by atoms with Gasteiger partial charge >= 0.3 is 141 Å². The van der Waals surface area contributed by atoms with E-state index < -0.39 is 0 Å². The number of rotatable bonds is 4. The van der Waals surface area contributed by atoms with Crippen LogP contribution < -0.4 is 0 Å². The summed E-state index contributed by atoms with van der Waals surface area (Å²) in [7, 11) is 0. The second-order valence-electron chi connectivity index (χ2n) is 13.5. The van der Waals surface area contributed by atoms with Crippen molar-refractivity contribution in [2.24, 2.45) is 0 Å². The van der Waals surface area contributed by atoms with Crippen molar-refractivity contribution in [3.8, 4) is 11.1 Å². The van der Waals surface area contributed by atoms with Gasteiger partial charge < -0.3 is 0 Å². The molecule has 4 aromatic carbocycles. The Morgan fingerprint density at radius 2 is 1.28 bits per heavy atom. The van der Waals surface area contributed by atoms with Crippen LogP contribution in [-0.2, 0) is 54.3 Å². The largest absolute Gasteiger partial charge is 0.273 e. The molecule has 0 radical (unpaired) electrons. The molecular weight excluding hydrogens is 814 g/mol. The minimum Gasteiger partial charge on any atom is -0.273 e. The molecule has 0 bridgehead atoms. The van der Waals surface area contributed by atoms with E-state index in [4.69, 9.17) is 0 Å². The zero-order valence-electron chi connectivity index (χ0n) is 27.6. The van der Waals surface area contributed by atoms with Crippen LogP contribution >= 0.6 is 56.7 Å². The van der Waals surface area contributed by atoms with Gasteiger partial charge in [0, 0.05) is 0 Å². The Morgan fingerprint density at radius 3 is 1.74 bits per heavy atom. The molecule has 0 heterocycles. The van der Waals surface area contributed by atoms with E-state index in [1.165, 1.54) is 77.7 Å². The fraction of sp³-hybridized carbons (Fsp3) is 0.293. The van der Waals surface area contributed by atoms with Crippen LogP contribution in [0, 0.1) is 12.1 Å². The number of halogens is 4. The molecule has 0 N–H and O–H groups in total. The molecule has 0 saturated carbocycles. The molecular formula is C41H44Br2Cl2Zr. The van der Waals surface area contributed by atoms with Crippen LogP contribution in [0.2, 0.25) is 0 Å². The molecule has 0 aliphatic heterocycles. The fourth-order valence-corrected chi connectivity index (χ4v) is 6.92. The molecule has 2 aliphatic carbocycles. The summed E-state index contributed by atoms with van der Waals surface area (Å²) in [6.07, 6.45) is 13.1. The first-order chi connectivity index (χ1) is 20.8. The van der Waals surface area contributed by atoms with E-state index in [-0.39, 0.29) is 35.6 Å². The normalized spacial score (nSPS) is 12.4. The van der Waals surface area contributed by atoms with Gasteiger partial charge in [0.05, 0.1) is 0 Å². The fourth-order valence-electron chi connectivity index (χ4n) is 5.13. The van der Waals surface area contributed by atoms with Crippen LogP contribution in [0.1, 0.15) is 81.3 Å². The SMILES string of the molecule is Brc1ccccc1C[C](=[Zr+2])Cc1ccccc1Br.CC(C)(C)c1c[c-]c2c(c1)-c1cc(C(C)(C)C)ccc1C2.Cl.Cl.[C-]1=CC=CC1. The van der Waals surface area contributed by atoms with Crippen molar-refractivity contribution >= 4 is 59.9 Å². The Morgan fingerprint density at radius 1 is 0.739 bits per heavy atom. The number of allylic oxidation sites excluding steroid dienone is 4. The van der Waals surface area contributed by atoms with E-state index >= 15 is 0 Å². The third-order valence-electron chi connectivity index (χ3n) is 7.84. The summed E-state index contributed by atoms with van der Waals surface area (Å²) in [4.78, 5) is 0. The van der Waals surface area contributed by atoms with Crippen molar-refractivity contribution in [1.82, 2.24) is 0 Å². The van der Waals surface area contributed by atoms with Gasteiger partial charge in [0.25, 0.3) is 0 Å². The van der Waals surface area contributed by atoms with Crippen molar-refractivity contribution in [1.29, 1.82) is 0 Å². The summed E-state index contributed by atoms with van der Waals surface area (Å²) in [6, 6.07) is 32.0. The average Bonchev–Trinajstić information content (AvgIpc) is 3.66. The summed E-state index contributed by atoms with van der Waals surface area (Å²) in [5.74, 6) is 0. The minimum absolute atomic E-state index is 0. The maximum atomic E-state index is 3.61. The van der Waals surface area contributed by atoms with Crippen LogP contribution in [0.25, 0.3) is 11.1 Å². The monoisotopic (exact) mass is 854 g/mol. The molecule has 0 amide bonds. The van der Waals surface area contributed by atoms with Gasteiger partial charge in [-0.25, -0.2) is 12.2 Å². The third kappa shape index (κ3) is 11.7. The van der Waals surface area contributed by atoms with Gasteiger partial charge in [-0.15, -0.1) is 36.8 Å². The third-order valence-corrected chi connectivity index (χ3v) is 10.3. The van der Waals surface area contributed by atoms with Crippen LogP contribution in [0.5, 0.6) is 0 Å². The molecule has 4 aromatic rings. The Bertz CT molecular complexity index is 1550. The summed E-state index contributed by atoms with van der Waals surface area (Å²) in [6.45, 7) is 13.6. The van der Waals surface area contributed by atoms with Crippen LogP contribution in [0.3, 0.4) is 0 Å². The first-order valence-electron chi connectivity index (χ1n) is 15.3. The van der Waals surface area contributed by atoms with E-state index in [9.17, 15) is 0 Å². The number of hydrogen-bond acceptors (Lipinski definition) is 0. The minimum atomic E-state index is 0. The molecule has 0 fully saturated rings. The molecule has 5 heteroatoms. The van der Waals surface area contributed by atoms with Gasteiger partial charge in [-0.1, -0.05) is 76.3 Å². The Balaban J connectivity index is 0.000000270. The summed E-state index contributed by atoms with van der Waals surface area (Å²) in [5, 5.41) is 0. The molecule has 240 valence electrons. The Hall–Kier alpha value is -1.35. The van der Waals surface area contributed by atoms with Gasteiger partial charge in [0.2, 0.25) is 0 Å². The smallest absolute Gasteiger partial charge is 0.0132 e. The standard InChI is InChI=1S/C21H25.C15H12Br2.C5H5.2ClH.Zr/c1-20(2,3)16-9-7-14-11-15-8-10-17(21(4,5)6)13-19(15)18(14)12-16;16-14-10-3-1-6-12(14)8-5-9-13-7-2-4-11-15(13)17;1-2-4-5-3-1;;;/h7,9-10,12-13H,11H2,1-6H3;1-4,6-7,10-11H,8-9H2;1-3H,4H2;2*1H;/q-1;;-1;;;+2. The quantitative estimate of drug-likeness (QED) is 0.158. The summed E-state index contributed by atoms with van der Waals surface area (Å²) in [5.41, 5.74) is 11.5. The molecule has 0 aromatic heterocycles. The van der Waals surface area contributed by atoms with Gasteiger partial charge in [0.1, 0.15) is 0 Å². The van der Waals surface area contributed by atoms with Crippen LogP contribution in [-0.4, -0.2) is 3.21 Å². The van der Waals surface area contributed by atoms with Crippen molar-refractivity contribution in [2.75, 3.05) is 0 Å². The van der Waals surface area contributed by atoms with Crippen molar-refractivity contribution in [3.63, 3.8) is 0 Å². The van der Waals surface area contributed by atoms with Crippen molar-refractivity contribution < 1.29 is 24.2 Å². The maximum absolute atomic E-state index is 3.61. The van der Waals surface area contributed by atoms with E-state index in [2.05, 4.69) is 170 Å². The molecule has 2 aliphatic rings. The van der Waals surface area contributed by atoms with E-state index in [0.29, 0.717) is 0 Å². The predicted octanol–water partition coefficient (Wildman–Crippen LogP) is 12.5. The molecule has 0 atom stereocenters. The van der Waals surface area contributed by atoms with Gasteiger partial charge in [-0.3, -0.25) is 6.08 Å². The van der Waals surface area contributed by atoms with E-state index in [1.54, 1.807) is 3.21 Å². The molecule has 0 unspecified atom stereocenters. The molecule has 0 nitrogen and oxygen atoms in total. The zero-order chi connectivity index (χ0) is 31.9. The topological polar surface area (TPSA) is 0 Å².